The molecule has 0 spiro atoms. The molecule has 4 amide bonds. The number of piperidine rings is 2. The number of urea groups is 1. The van der Waals surface area contributed by atoms with Gasteiger partial charge in [0.05, 0.1) is 22.7 Å². The van der Waals surface area contributed by atoms with Gasteiger partial charge in [-0.05, 0) is 137 Å². The number of halogens is 3. The summed E-state index contributed by atoms with van der Waals surface area (Å²) in [6.45, 7) is 9.81. The zero-order valence-corrected chi connectivity index (χ0v) is 43.3. The van der Waals surface area contributed by atoms with Gasteiger partial charge in [-0.1, -0.05) is 67.8 Å². The SMILES string of the molecule is C[C@H]1c2c(cc(F)c(Cl)c2-c2c(C(N)=O)ccc(OCCO)c2F)O[C@]1(CNCCC1CCC(CN2CCC(CN3CCC(c4ccc5c(N6CCC(=O)NC6=O)nn(C)c5c4)CC3)CC2)CC1)c1ccccc1. The van der Waals surface area contributed by atoms with Gasteiger partial charge in [0.1, 0.15) is 18.2 Å². The molecule has 5 aromatic rings. The maximum Gasteiger partial charge on any atom is 0.329 e. The Balaban J connectivity index is 0.684. The fourth-order valence-electron chi connectivity index (χ4n) is 12.8. The van der Waals surface area contributed by atoms with E-state index in [-0.39, 0.29) is 58.8 Å². The Bertz CT molecular complexity index is 2860. The molecule has 1 aromatic heterocycles. The summed E-state index contributed by atoms with van der Waals surface area (Å²) in [6.07, 6.45) is 10.9. The molecule has 3 saturated heterocycles. The van der Waals surface area contributed by atoms with E-state index in [9.17, 15) is 19.5 Å². The van der Waals surface area contributed by atoms with Crippen molar-refractivity contribution in [2.45, 2.75) is 88.6 Å². The van der Waals surface area contributed by atoms with Gasteiger partial charge in [0.2, 0.25) is 11.8 Å². The number of aryl methyl sites for hydroxylation is 1. The van der Waals surface area contributed by atoms with E-state index in [0.29, 0.717) is 36.3 Å². The number of imide groups is 1. The van der Waals surface area contributed by atoms with Crippen LogP contribution in [-0.4, -0.2) is 115 Å². The second-order valence-electron chi connectivity index (χ2n) is 21.4. The number of likely N-dealkylation sites (tertiary alicyclic amines) is 2. The number of carbonyl (C=O) groups is 3. The lowest BCUT2D eigenvalue weighted by molar-refractivity contribution is -0.120. The van der Waals surface area contributed by atoms with Gasteiger partial charge in [0, 0.05) is 73.7 Å². The number of anilines is 1. The third-order valence-corrected chi connectivity index (χ3v) is 17.3. The molecule has 17 heteroatoms. The molecule has 4 fully saturated rings. The molecular weight excluding hydrogens is 966 g/mol. The van der Waals surface area contributed by atoms with E-state index in [1.165, 1.54) is 88.5 Å². The number of hydrogen-bond acceptors (Lipinski definition) is 10. The van der Waals surface area contributed by atoms with Gasteiger partial charge < -0.3 is 35.4 Å². The minimum Gasteiger partial charge on any atom is -0.488 e. The van der Waals surface area contributed by atoms with Gasteiger partial charge in [-0.2, -0.15) is 5.10 Å². The largest absolute Gasteiger partial charge is 0.488 e. The third kappa shape index (κ3) is 10.5. The van der Waals surface area contributed by atoms with Crippen molar-refractivity contribution in [3.05, 3.63) is 106 Å². The van der Waals surface area contributed by atoms with E-state index < -0.39 is 35.1 Å². The predicted octanol–water partition coefficient (Wildman–Crippen LogP) is 8.86. The van der Waals surface area contributed by atoms with Crippen LogP contribution in [-0.2, 0) is 17.4 Å². The van der Waals surface area contributed by atoms with E-state index in [1.807, 2.05) is 49.0 Å². The van der Waals surface area contributed by atoms with Crippen LogP contribution < -0.4 is 30.7 Å². The van der Waals surface area contributed by atoms with Crippen LogP contribution in [0.1, 0.15) is 110 Å². The first kappa shape index (κ1) is 51.8. The molecule has 2 atom stereocenters. The Kier molecular flexibility index (Phi) is 15.6. The Morgan fingerprint density at radius 3 is 2.28 bits per heavy atom. The number of carbonyl (C=O) groups excluding carboxylic acids is 3. The van der Waals surface area contributed by atoms with Crippen LogP contribution in [0.3, 0.4) is 0 Å². The summed E-state index contributed by atoms with van der Waals surface area (Å²) < 4.78 is 46.4. The number of aromatic nitrogens is 2. The molecule has 394 valence electrons. The van der Waals surface area contributed by atoms with Crippen molar-refractivity contribution in [2.75, 3.05) is 77.0 Å². The van der Waals surface area contributed by atoms with Gasteiger partial charge in [-0.3, -0.25) is 24.5 Å². The lowest BCUT2D eigenvalue weighted by Gasteiger charge is -2.39. The van der Waals surface area contributed by atoms with Crippen LogP contribution in [0, 0.1) is 29.4 Å². The van der Waals surface area contributed by atoms with Crippen LogP contribution in [0.5, 0.6) is 11.5 Å². The number of aliphatic hydroxyl groups excluding tert-OH is 1. The lowest BCUT2D eigenvalue weighted by Crippen LogP contribution is -2.49. The summed E-state index contributed by atoms with van der Waals surface area (Å²) in [7, 11) is 1.92. The molecule has 0 radical (unpaired) electrons. The summed E-state index contributed by atoms with van der Waals surface area (Å²) in [4.78, 5) is 44.0. The number of primary amides is 1. The highest BCUT2D eigenvalue weighted by Gasteiger charge is 2.50. The topological polar surface area (TPSA) is 168 Å². The number of nitrogens with zero attached hydrogens (tertiary/aromatic N) is 5. The molecule has 5 aliphatic rings. The monoisotopic (exact) mass is 1030 g/mol. The van der Waals surface area contributed by atoms with Crippen molar-refractivity contribution in [2.24, 2.45) is 30.5 Å². The minimum absolute atomic E-state index is 0.0104. The summed E-state index contributed by atoms with van der Waals surface area (Å²) >= 11 is 6.73. The number of ether oxygens (including phenoxy) is 2. The number of amides is 4. The number of hydrogen-bond donors (Lipinski definition) is 4. The third-order valence-electron chi connectivity index (χ3n) is 16.9. The van der Waals surface area contributed by atoms with Gasteiger partial charge in [-0.15, -0.1) is 0 Å². The fraction of sp³-hybridized carbons (Fsp3) is 0.509. The van der Waals surface area contributed by atoms with Crippen LogP contribution in [0.15, 0.2) is 66.7 Å². The van der Waals surface area contributed by atoms with Crippen LogP contribution in [0.2, 0.25) is 5.02 Å². The molecule has 4 aromatic carbocycles. The van der Waals surface area contributed by atoms with Crippen molar-refractivity contribution < 1.29 is 37.7 Å². The van der Waals surface area contributed by atoms with Gasteiger partial charge in [0.15, 0.2) is 23.0 Å². The highest BCUT2D eigenvalue weighted by atomic mass is 35.5. The smallest absolute Gasteiger partial charge is 0.329 e. The molecule has 0 unspecified atom stereocenters. The zero-order chi connectivity index (χ0) is 51.7. The van der Waals surface area contributed by atoms with E-state index in [4.69, 9.17) is 26.8 Å². The number of nitrogens with one attached hydrogen (secondary N) is 2. The van der Waals surface area contributed by atoms with E-state index >= 15 is 8.78 Å². The second kappa shape index (κ2) is 22.3. The molecule has 14 nitrogen and oxygen atoms in total. The van der Waals surface area contributed by atoms with E-state index in [0.717, 1.165) is 67.2 Å². The molecule has 5 N–H and O–H groups in total. The van der Waals surface area contributed by atoms with Crippen molar-refractivity contribution in [1.82, 2.24) is 30.2 Å². The molecule has 5 heterocycles. The first-order chi connectivity index (χ1) is 35.8. The average Bonchev–Trinajstić information content (AvgIpc) is 3.89. The maximum absolute atomic E-state index is 16.4. The predicted molar refractivity (Wildman–Crippen MR) is 282 cm³/mol. The van der Waals surface area contributed by atoms with Crippen molar-refractivity contribution in [3.8, 4) is 22.6 Å². The van der Waals surface area contributed by atoms with Crippen molar-refractivity contribution in [3.63, 3.8) is 0 Å². The summed E-state index contributed by atoms with van der Waals surface area (Å²) in [5.41, 5.74) is 7.94. The fourth-order valence-corrected chi connectivity index (χ4v) is 13.0. The van der Waals surface area contributed by atoms with Gasteiger partial charge >= 0.3 is 6.03 Å². The first-order valence-electron chi connectivity index (χ1n) is 26.7. The first-order valence-corrected chi connectivity index (χ1v) is 27.1. The average molecular weight is 1040 g/mol. The molecule has 1 aliphatic carbocycles. The second-order valence-corrected chi connectivity index (χ2v) is 21.8. The Morgan fingerprint density at radius 2 is 1.59 bits per heavy atom. The minimum atomic E-state index is -1.02. The zero-order valence-electron chi connectivity index (χ0n) is 42.5. The van der Waals surface area contributed by atoms with Gasteiger partial charge in [-0.25, -0.2) is 13.6 Å². The lowest BCUT2D eigenvalue weighted by atomic mass is 9.77. The maximum atomic E-state index is 16.4. The number of aliphatic hydroxyl groups is 1. The van der Waals surface area contributed by atoms with E-state index in [1.54, 1.807) is 4.90 Å². The van der Waals surface area contributed by atoms with Crippen molar-refractivity contribution >= 4 is 46.2 Å². The highest BCUT2D eigenvalue weighted by Crippen LogP contribution is 2.56. The molecule has 74 heavy (non-hydrogen) atoms. The standard InChI is InChI=1S/C57H69ClF2N8O6/c1-35-49-47(31-44(59)52(58)51(49)50-43(54(61)71)14-15-46(53(50)60)73-29-28-69)74-57(35,41-6-4-3-5-7-41)34-62-22-16-36-8-10-37(11-9-36)32-66-23-17-38(18-24-66)33-67-25-19-39(20-26-67)40-12-13-42-45(30-40)65(2)64-55(42)68-27-21-48(70)63-56(68)72/h3-7,12-15,30-31,35-39,62,69H,8-11,16-29,32-34H2,1-2H3,(H2,61,71)(H,63,70,72)/t35-,36?,37?,57-/m0/s1. The molecule has 0 bridgehead atoms. The summed E-state index contributed by atoms with van der Waals surface area (Å²) in [5.74, 6) is -0.264. The molecular formula is C57H69ClF2N8O6. The number of fused-ring (bicyclic) bond motifs is 2. The quantitative estimate of drug-likeness (QED) is 0.0661. The highest BCUT2D eigenvalue weighted by molar-refractivity contribution is 6.34. The number of nitrogens with two attached hydrogens (primary N) is 1. The molecule has 4 aliphatic heterocycles. The summed E-state index contributed by atoms with van der Waals surface area (Å²) in [5, 5.41) is 20.7. The Morgan fingerprint density at radius 1 is 0.905 bits per heavy atom. The van der Waals surface area contributed by atoms with Crippen LogP contribution in [0.25, 0.3) is 22.0 Å². The Hall–Kier alpha value is -5.65. The van der Waals surface area contributed by atoms with E-state index in [2.05, 4.69) is 43.7 Å². The van der Waals surface area contributed by atoms with Crippen LogP contribution in [0.4, 0.5) is 19.4 Å². The normalized spacial score (nSPS) is 23.3. The number of rotatable bonds is 17. The van der Waals surface area contributed by atoms with Crippen LogP contribution >= 0.6 is 11.6 Å². The molecule has 10 rings (SSSR count). The Labute approximate surface area is 436 Å². The van der Waals surface area contributed by atoms with Crippen molar-refractivity contribution in [1.29, 1.82) is 0 Å². The number of benzene rings is 4. The molecule has 1 saturated carbocycles. The summed E-state index contributed by atoms with van der Waals surface area (Å²) in [6, 6.07) is 19.7. The van der Waals surface area contributed by atoms with Gasteiger partial charge in [0.25, 0.3) is 0 Å².